The molecule has 4 nitrogen and oxygen atoms in total. The van der Waals surface area contributed by atoms with Crippen molar-refractivity contribution in [2.75, 3.05) is 5.73 Å². The number of aliphatic imine (C=N–C) groups is 1. The Bertz CT molecular complexity index is 576. The Morgan fingerprint density at radius 1 is 1.30 bits per heavy atom. The molecule has 1 fully saturated rings. The fraction of sp³-hybridized carbons (Fsp3) is 0.462. The molecule has 0 radical (unpaired) electrons. The van der Waals surface area contributed by atoms with Crippen LogP contribution >= 0.6 is 0 Å². The number of anilines is 1. The van der Waals surface area contributed by atoms with Crippen LogP contribution in [-0.2, 0) is 4.74 Å². The van der Waals surface area contributed by atoms with Crippen molar-refractivity contribution in [3.8, 4) is 0 Å². The molecule has 108 valence electrons. The summed E-state index contributed by atoms with van der Waals surface area (Å²) in [7, 11) is 0. The van der Waals surface area contributed by atoms with Gasteiger partial charge in [0.25, 0.3) is 11.9 Å². The Kier molecular flexibility index (Phi) is 2.81. The quantitative estimate of drug-likeness (QED) is 0.777. The second-order valence-corrected chi connectivity index (χ2v) is 5.17. The monoisotopic (exact) mass is 285 g/mol. The van der Waals surface area contributed by atoms with E-state index >= 15 is 0 Å². The lowest BCUT2D eigenvalue weighted by Gasteiger charge is -2.34. The largest absolute Gasteiger partial charge is 0.461 e. The summed E-state index contributed by atoms with van der Waals surface area (Å²) in [5.41, 5.74) is 11.5. The van der Waals surface area contributed by atoms with E-state index < -0.39 is 29.8 Å². The number of nitrogens with zero attached hydrogens (tertiary/aromatic N) is 1. The normalized spacial score (nSPS) is 31.4. The molecule has 0 amide bonds. The number of halogens is 3. The molecular formula is C13H14F3N3O. The lowest BCUT2D eigenvalue weighted by Crippen LogP contribution is -2.42. The molecule has 0 spiro atoms. The van der Waals surface area contributed by atoms with Gasteiger partial charge in [-0.3, -0.25) is 0 Å². The SMILES string of the molecule is NC1=NC(c2cc(N)ccc2F)[C@@H]2[C@@H](CCC2(F)F)O1. The number of benzene rings is 1. The molecule has 4 N–H and O–H groups in total. The van der Waals surface area contributed by atoms with Crippen LogP contribution in [0.3, 0.4) is 0 Å². The van der Waals surface area contributed by atoms with Crippen LogP contribution in [0.2, 0.25) is 0 Å². The van der Waals surface area contributed by atoms with Crippen molar-refractivity contribution < 1.29 is 17.9 Å². The molecule has 0 bridgehead atoms. The van der Waals surface area contributed by atoms with E-state index in [-0.39, 0.29) is 24.4 Å². The molecule has 1 unspecified atom stereocenters. The first kappa shape index (κ1) is 13.1. The molecule has 0 saturated heterocycles. The molecule has 20 heavy (non-hydrogen) atoms. The van der Waals surface area contributed by atoms with Gasteiger partial charge in [-0.25, -0.2) is 18.2 Å². The number of ether oxygens (including phenoxy) is 1. The number of amidine groups is 1. The molecule has 2 aliphatic rings. The van der Waals surface area contributed by atoms with Crippen LogP contribution in [0.5, 0.6) is 0 Å². The highest BCUT2D eigenvalue weighted by Gasteiger charge is 2.57. The molecular weight excluding hydrogens is 271 g/mol. The molecule has 1 aliphatic heterocycles. The van der Waals surface area contributed by atoms with Gasteiger partial charge in [-0.2, -0.15) is 0 Å². The van der Waals surface area contributed by atoms with Gasteiger partial charge in [0.15, 0.2) is 0 Å². The van der Waals surface area contributed by atoms with Gasteiger partial charge in [0, 0.05) is 17.7 Å². The van der Waals surface area contributed by atoms with Crippen molar-refractivity contribution in [1.29, 1.82) is 0 Å². The lowest BCUT2D eigenvalue weighted by molar-refractivity contribution is -0.0747. The van der Waals surface area contributed by atoms with Gasteiger partial charge in [-0.15, -0.1) is 0 Å². The van der Waals surface area contributed by atoms with Gasteiger partial charge in [0.1, 0.15) is 11.9 Å². The van der Waals surface area contributed by atoms with E-state index in [4.69, 9.17) is 16.2 Å². The van der Waals surface area contributed by atoms with Gasteiger partial charge in [0.2, 0.25) is 0 Å². The predicted octanol–water partition coefficient (Wildman–Crippen LogP) is 2.21. The van der Waals surface area contributed by atoms with Crippen LogP contribution in [0, 0.1) is 11.7 Å². The van der Waals surface area contributed by atoms with E-state index in [9.17, 15) is 13.2 Å². The van der Waals surface area contributed by atoms with Crippen molar-refractivity contribution in [3.05, 3.63) is 29.6 Å². The third-order valence-electron chi connectivity index (χ3n) is 3.87. The van der Waals surface area contributed by atoms with Crippen LogP contribution in [-0.4, -0.2) is 18.0 Å². The second kappa shape index (κ2) is 4.29. The van der Waals surface area contributed by atoms with Crippen LogP contribution in [0.1, 0.15) is 24.4 Å². The highest BCUT2D eigenvalue weighted by atomic mass is 19.3. The summed E-state index contributed by atoms with van der Waals surface area (Å²) in [6.45, 7) is 0. The summed E-state index contributed by atoms with van der Waals surface area (Å²) in [5, 5.41) is 0. The summed E-state index contributed by atoms with van der Waals surface area (Å²) >= 11 is 0. The summed E-state index contributed by atoms with van der Waals surface area (Å²) in [6.07, 6.45) is -0.881. The zero-order valence-electron chi connectivity index (χ0n) is 10.5. The molecule has 7 heteroatoms. The van der Waals surface area contributed by atoms with Crippen LogP contribution in [0.25, 0.3) is 0 Å². The minimum absolute atomic E-state index is 0.0350. The minimum atomic E-state index is -2.96. The number of nitrogens with two attached hydrogens (primary N) is 2. The van der Waals surface area contributed by atoms with E-state index in [1.807, 2.05) is 0 Å². The number of hydrogen-bond donors (Lipinski definition) is 2. The fourth-order valence-electron chi connectivity index (χ4n) is 2.97. The van der Waals surface area contributed by atoms with E-state index in [1.54, 1.807) is 0 Å². The Labute approximate surface area is 113 Å². The molecule has 3 atom stereocenters. The van der Waals surface area contributed by atoms with Crippen LogP contribution < -0.4 is 11.5 Å². The summed E-state index contributed by atoms with van der Waals surface area (Å²) in [5.74, 6) is -4.80. The van der Waals surface area contributed by atoms with Crippen molar-refractivity contribution >= 4 is 11.7 Å². The van der Waals surface area contributed by atoms with Crippen LogP contribution in [0.15, 0.2) is 23.2 Å². The van der Waals surface area contributed by atoms with E-state index in [0.29, 0.717) is 5.69 Å². The topological polar surface area (TPSA) is 73.6 Å². The van der Waals surface area contributed by atoms with Gasteiger partial charge in [0.05, 0.1) is 12.0 Å². The third-order valence-corrected chi connectivity index (χ3v) is 3.87. The van der Waals surface area contributed by atoms with Gasteiger partial charge in [-0.1, -0.05) is 0 Å². The average molecular weight is 285 g/mol. The molecule has 1 aliphatic carbocycles. The lowest BCUT2D eigenvalue weighted by atomic mass is 9.87. The summed E-state index contributed by atoms with van der Waals surface area (Å²) in [4.78, 5) is 3.89. The zero-order valence-corrected chi connectivity index (χ0v) is 10.5. The molecule has 1 heterocycles. The highest BCUT2D eigenvalue weighted by molar-refractivity contribution is 5.73. The number of nitrogen functional groups attached to an aromatic ring is 1. The number of hydrogen-bond acceptors (Lipinski definition) is 4. The average Bonchev–Trinajstić information content (AvgIpc) is 2.67. The van der Waals surface area contributed by atoms with Crippen molar-refractivity contribution in [3.63, 3.8) is 0 Å². The van der Waals surface area contributed by atoms with E-state index in [2.05, 4.69) is 4.99 Å². The third kappa shape index (κ3) is 1.97. The van der Waals surface area contributed by atoms with Crippen molar-refractivity contribution in [2.45, 2.75) is 30.9 Å². The summed E-state index contributed by atoms with van der Waals surface area (Å²) in [6, 6.07) is 2.59. The number of alkyl halides is 2. The fourth-order valence-corrected chi connectivity index (χ4v) is 2.97. The van der Waals surface area contributed by atoms with E-state index in [0.717, 1.165) is 6.07 Å². The maximum absolute atomic E-state index is 14.0. The maximum Gasteiger partial charge on any atom is 0.282 e. The first-order valence-corrected chi connectivity index (χ1v) is 6.31. The predicted molar refractivity (Wildman–Crippen MR) is 67.7 cm³/mol. The van der Waals surface area contributed by atoms with Gasteiger partial charge < -0.3 is 16.2 Å². The first-order valence-electron chi connectivity index (χ1n) is 6.31. The van der Waals surface area contributed by atoms with Gasteiger partial charge in [-0.05, 0) is 24.6 Å². The van der Waals surface area contributed by atoms with Crippen molar-refractivity contribution in [1.82, 2.24) is 0 Å². The molecule has 1 saturated carbocycles. The zero-order chi connectivity index (χ0) is 14.5. The number of rotatable bonds is 1. The second-order valence-electron chi connectivity index (χ2n) is 5.17. The Morgan fingerprint density at radius 2 is 2.05 bits per heavy atom. The highest BCUT2D eigenvalue weighted by Crippen LogP contribution is 2.51. The van der Waals surface area contributed by atoms with E-state index in [1.165, 1.54) is 12.1 Å². The Hall–Kier alpha value is -1.92. The smallest absolute Gasteiger partial charge is 0.282 e. The standard InChI is InChI=1S/C13H14F3N3O/c14-8-2-1-6(17)5-7(8)11-10-9(20-12(18)19-11)3-4-13(10,15)16/h1-2,5,9-11H,3-4,17H2,(H2,18,19)/t9-,10+,11?/m1/s1. The molecule has 3 rings (SSSR count). The molecule has 1 aromatic carbocycles. The number of fused-ring (bicyclic) bond motifs is 1. The molecule has 0 aromatic heterocycles. The maximum atomic E-state index is 14.0. The Balaban J connectivity index is 2.09. The first-order chi connectivity index (χ1) is 9.38. The van der Waals surface area contributed by atoms with Gasteiger partial charge >= 0.3 is 0 Å². The summed E-state index contributed by atoms with van der Waals surface area (Å²) < 4.78 is 47.2. The van der Waals surface area contributed by atoms with Crippen molar-refractivity contribution in [2.24, 2.45) is 16.6 Å². The minimum Gasteiger partial charge on any atom is -0.461 e. The van der Waals surface area contributed by atoms with Crippen LogP contribution in [0.4, 0.5) is 18.9 Å². The Morgan fingerprint density at radius 3 is 2.80 bits per heavy atom. The molecule has 1 aromatic rings.